The Hall–Kier alpha value is 0.886. The lowest BCUT2D eigenvalue weighted by Crippen LogP contribution is -2.56. The largest absolute Gasteiger partial charge is 0.407 e. The Kier molecular flexibility index (Phi) is 5.85. The van der Waals surface area contributed by atoms with E-state index in [1.807, 2.05) is 6.92 Å². The van der Waals surface area contributed by atoms with Crippen LogP contribution in [0.1, 0.15) is 48.5 Å². The highest BCUT2D eigenvalue weighted by atomic mass is 28.4. The molecule has 0 spiro atoms. The molecular weight excluding hydrogens is 283 g/mol. The summed E-state index contributed by atoms with van der Waals surface area (Å²) >= 11 is 2.78. The van der Waals surface area contributed by atoms with Crippen LogP contribution in [0.2, 0.25) is 36.3 Å². The molecule has 0 heterocycles. The Morgan fingerprint density at radius 1 is 0.632 bits per heavy atom. The summed E-state index contributed by atoms with van der Waals surface area (Å²) in [6.07, 6.45) is 0. The molecule has 2 radical (unpaired) electrons. The third kappa shape index (κ3) is 5.65. The van der Waals surface area contributed by atoms with Crippen LogP contribution in [0.25, 0.3) is 0 Å². The molecule has 5 heteroatoms. The first-order valence-corrected chi connectivity index (χ1v) is 13.5. The summed E-state index contributed by atoms with van der Waals surface area (Å²) in [5.41, 5.74) is 0. The van der Waals surface area contributed by atoms with E-state index < -0.39 is 21.3 Å². The summed E-state index contributed by atoms with van der Waals surface area (Å²) in [6, 6.07) is 0. The van der Waals surface area contributed by atoms with Crippen molar-refractivity contribution in [3.8, 4) is 0 Å². The van der Waals surface area contributed by atoms with E-state index in [2.05, 4.69) is 84.0 Å². The quantitative estimate of drug-likeness (QED) is 0.544. The normalized spacial score (nSPS) is 15.7. The van der Waals surface area contributed by atoms with Crippen molar-refractivity contribution in [1.29, 1.82) is 0 Å². The van der Waals surface area contributed by atoms with Crippen molar-refractivity contribution in [2.45, 2.75) is 89.4 Å². The van der Waals surface area contributed by atoms with Crippen molar-refractivity contribution in [2.24, 2.45) is 0 Å². The molecule has 0 aromatic heterocycles. The van der Waals surface area contributed by atoms with E-state index in [9.17, 15) is 0 Å². The maximum absolute atomic E-state index is 6.44. The van der Waals surface area contributed by atoms with Gasteiger partial charge in [-0.15, -0.1) is 0 Å². The third-order valence-corrected chi connectivity index (χ3v) is 14.3. The monoisotopic (exact) mass is 316 g/mol. The van der Waals surface area contributed by atoms with Crippen molar-refractivity contribution >= 4 is 32.9 Å². The minimum absolute atomic E-state index is 0.196. The van der Waals surface area contributed by atoms with Crippen molar-refractivity contribution in [3.05, 3.63) is 0 Å². The third-order valence-electron chi connectivity index (χ3n) is 4.53. The molecule has 0 amide bonds. The summed E-state index contributed by atoms with van der Waals surface area (Å²) in [6.45, 7) is 24.7. The molecule has 0 rings (SSSR count). The van der Waals surface area contributed by atoms with Crippen molar-refractivity contribution in [3.63, 3.8) is 0 Å². The first-order chi connectivity index (χ1) is 7.91. The summed E-state index contributed by atoms with van der Waals surface area (Å²) in [5, 5.41) is 0.392. The molecule has 0 aliphatic carbocycles. The summed E-state index contributed by atoms with van der Waals surface area (Å²) in [7, 11) is -3.65. The second-order valence-electron chi connectivity index (χ2n) is 8.74. The zero-order valence-electron chi connectivity index (χ0n) is 14.9. The molecule has 0 unspecified atom stereocenters. The first-order valence-electron chi connectivity index (χ1n) is 7.11. The van der Waals surface area contributed by atoms with E-state index in [-0.39, 0.29) is 10.1 Å². The molecule has 2 nitrogen and oxygen atoms in total. The van der Waals surface area contributed by atoms with Gasteiger partial charge in [-0.2, -0.15) is 0 Å². The van der Waals surface area contributed by atoms with Gasteiger partial charge in [0.15, 0.2) is 16.6 Å². The van der Waals surface area contributed by atoms with E-state index >= 15 is 0 Å². The standard InChI is InChI=1S/C14H33O2Si2.Al/c1-12(15-17(8,9)13(2,3)4)16-18(10,11)14(5,6)7;/h1-11H3;. The van der Waals surface area contributed by atoms with Gasteiger partial charge in [-0.1, -0.05) is 41.5 Å². The minimum Gasteiger partial charge on any atom is -0.407 e. The summed E-state index contributed by atoms with van der Waals surface area (Å²) < 4.78 is 12.3. The second kappa shape index (κ2) is 5.59. The van der Waals surface area contributed by atoms with E-state index in [1.165, 1.54) is 0 Å². The van der Waals surface area contributed by atoms with E-state index in [4.69, 9.17) is 8.85 Å². The molecule has 0 bridgehead atoms. The number of hydrogen-bond acceptors (Lipinski definition) is 2. The van der Waals surface area contributed by atoms with Crippen LogP contribution in [-0.4, -0.2) is 37.6 Å². The molecule has 112 valence electrons. The molecule has 0 atom stereocenters. The van der Waals surface area contributed by atoms with E-state index in [1.54, 1.807) is 0 Å². The Balaban J connectivity index is 5.03. The lowest BCUT2D eigenvalue weighted by atomic mass is 10.2. The second-order valence-corrected chi connectivity index (χ2v) is 19.2. The Labute approximate surface area is 131 Å². The molecule has 0 aliphatic heterocycles. The molecule has 0 aliphatic rings. The predicted octanol–water partition coefficient (Wildman–Crippen LogP) is 4.87. The van der Waals surface area contributed by atoms with Gasteiger partial charge in [-0.3, -0.25) is 0 Å². The predicted molar refractivity (Wildman–Crippen MR) is 90.7 cm³/mol. The molecule has 19 heavy (non-hydrogen) atoms. The highest BCUT2D eigenvalue weighted by molar-refractivity contribution is 6.75. The fourth-order valence-corrected chi connectivity index (χ4v) is 5.91. The van der Waals surface area contributed by atoms with Gasteiger partial charge in [-0.25, -0.2) is 0 Å². The molecular formula is C14H33AlO2Si2. The average Bonchev–Trinajstić information content (AvgIpc) is 1.93. The maximum atomic E-state index is 6.44. The van der Waals surface area contributed by atoms with Crippen LogP contribution in [-0.2, 0) is 8.85 Å². The van der Waals surface area contributed by atoms with Crippen molar-refractivity contribution in [1.82, 2.24) is 0 Å². The molecule has 0 saturated carbocycles. The van der Waals surface area contributed by atoms with Gasteiger partial charge < -0.3 is 8.85 Å². The van der Waals surface area contributed by atoms with Gasteiger partial charge in [0.2, 0.25) is 16.3 Å². The lowest BCUT2D eigenvalue weighted by Gasteiger charge is -2.49. The van der Waals surface area contributed by atoms with E-state index in [0.717, 1.165) is 0 Å². The van der Waals surface area contributed by atoms with E-state index in [0.29, 0.717) is 0 Å². The van der Waals surface area contributed by atoms with Crippen LogP contribution < -0.4 is 0 Å². The summed E-state index contributed by atoms with van der Waals surface area (Å²) in [5.74, 6) is 0. The Morgan fingerprint density at radius 2 is 0.842 bits per heavy atom. The zero-order valence-corrected chi connectivity index (χ0v) is 18.0. The Morgan fingerprint density at radius 3 is 1.00 bits per heavy atom. The van der Waals surface area contributed by atoms with Crippen LogP contribution >= 0.6 is 0 Å². The van der Waals surface area contributed by atoms with Crippen LogP contribution in [0.15, 0.2) is 0 Å². The highest BCUT2D eigenvalue weighted by Gasteiger charge is 2.45. The first kappa shape index (κ1) is 19.9. The van der Waals surface area contributed by atoms with Crippen LogP contribution in [0.3, 0.4) is 0 Å². The van der Waals surface area contributed by atoms with Crippen LogP contribution in [0, 0.1) is 0 Å². The fraction of sp³-hybridized carbons (Fsp3) is 1.00. The molecule has 0 aromatic rings. The zero-order chi connectivity index (χ0) is 15.9. The highest BCUT2D eigenvalue weighted by Crippen LogP contribution is 2.42. The summed E-state index contributed by atoms with van der Waals surface area (Å²) in [4.78, 5) is 0. The molecule has 0 N–H and O–H groups in total. The van der Waals surface area contributed by atoms with Gasteiger partial charge >= 0.3 is 0 Å². The minimum atomic E-state index is -1.82. The topological polar surface area (TPSA) is 18.5 Å². The molecule has 0 fully saturated rings. The van der Waals surface area contributed by atoms with Crippen LogP contribution in [0.5, 0.6) is 0 Å². The number of rotatable bonds is 4. The molecule has 0 aromatic carbocycles. The van der Waals surface area contributed by atoms with Crippen molar-refractivity contribution in [2.75, 3.05) is 0 Å². The van der Waals surface area contributed by atoms with Crippen molar-refractivity contribution < 1.29 is 8.85 Å². The lowest BCUT2D eigenvalue weighted by molar-refractivity contribution is -0.0437. The average molecular weight is 317 g/mol. The fourth-order valence-electron chi connectivity index (χ4n) is 1.34. The number of hydrogen-bond donors (Lipinski definition) is 0. The maximum Gasteiger partial charge on any atom is 0.221 e. The van der Waals surface area contributed by atoms with Crippen LogP contribution in [0.4, 0.5) is 0 Å². The SMILES string of the molecule is C[C]([Al])(O[Si](C)(C)C(C)(C)C)O[Si](C)(C)C(C)(C)C. The molecule has 0 saturated heterocycles. The van der Waals surface area contributed by atoms with Gasteiger partial charge in [0, 0.05) is 0 Å². The van der Waals surface area contributed by atoms with Gasteiger partial charge in [0.05, 0.1) is 4.65 Å². The Bertz CT molecular complexity index is 282. The van der Waals surface area contributed by atoms with Gasteiger partial charge in [0.1, 0.15) is 0 Å². The van der Waals surface area contributed by atoms with Gasteiger partial charge in [0.25, 0.3) is 0 Å². The van der Waals surface area contributed by atoms with Gasteiger partial charge in [-0.05, 0) is 43.2 Å². The smallest absolute Gasteiger partial charge is 0.221 e.